The number of hydrogen-bond donors (Lipinski definition) is 1. The highest BCUT2D eigenvalue weighted by Gasteiger charge is 2.18. The van der Waals surface area contributed by atoms with Gasteiger partial charge in [0.25, 0.3) is 0 Å². The molecule has 3 heteroatoms. The van der Waals surface area contributed by atoms with E-state index in [1.165, 1.54) is 36.1 Å². The fraction of sp³-hybridized carbons (Fsp3) is 0.500. The van der Waals surface area contributed by atoms with Crippen molar-refractivity contribution in [3.63, 3.8) is 0 Å². The Hall–Kier alpha value is -1.32. The minimum absolute atomic E-state index is 0.859. The Labute approximate surface area is 115 Å². The highest BCUT2D eigenvalue weighted by Crippen LogP contribution is 2.20. The molecule has 0 bridgehead atoms. The van der Waals surface area contributed by atoms with Crippen molar-refractivity contribution in [3.8, 4) is 0 Å². The minimum atomic E-state index is 0.859. The zero-order chi connectivity index (χ0) is 13.2. The van der Waals surface area contributed by atoms with Gasteiger partial charge >= 0.3 is 0 Å². The van der Waals surface area contributed by atoms with Crippen LogP contribution < -0.4 is 5.32 Å². The van der Waals surface area contributed by atoms with Crippen LogP contribution in [-0.4, -0.2) is 42.7 Å². The summed E-state index contributed by atoms with van der Waals surface area (Å²) in [7, 11) is 4.37. The molecule has 1 N–H and O–H groups in total. The number of likely N-dealkylation sites (N-methyl/N-ethyl adjacent to an activating group) is 1. The van der Waals surface area contributed by atoms with Crippen LogP contribution in [0, 0.1) is 5.92 Å². The number of rotatable bonds is 5. The summed E-state index contributed by atoms with van der Waals surface area (Å²) in [5.41, 5.74) is 2.81. The van der Waals surface area contributed by atoms with Crippen LogP contribution in [0.15, 0.2) is 30.5 Å². The zero-order valence-electron chi connectivity index (χ0n) is 11.9. The van der Waals surface area contributed by atoms with Crippen molar-refractivity contribution >= 4 is 10.9 Å². The van der Waals surface area contributed by atoms with E-state index in [9.17, 15) is 0 Å². The van der Waals surface area contributed by atoms with Gasteiger partial charge in [-0.15, -0.1) is 0 Å². The van der Waals surface area contributed by atoms with Crippen molar-refractivity contribution < 1.29 is 0 Å². The topological polar surface area (TPSA) is 20.2 Å². The molecule has 2 heterocycles. The Bertz CT molecular complexity index is 554. The van der Waals surface area contributed by atoms with E-state index in [-0.39, 0.29) is 0 Å². The van der Waals surface area contributed by atoms with E-state index < -0.39 is 0 Å². The number of hydrogen-bond acceptors (Lipinski definition) is 2. The molecule has 3 nitrogen and oxygen atoms in total. The summed E-state index contributed by atoms with van der Waals surface area (Å²) in [6.07, 6.45) is 3.42. The van der Waals surface area contributed by atoms with Gasteiger partial charge in [0.1, 0.15) is 0 Å². The van der Waals surface area contributed by atoms with Crippen LogP contribution in [0.3, 0.4) is 0 Å². The second kappa shape index (κ2) is 5.35. The van der Waals surface area contributed by atoms with Gasteiger partial charge in [0.2, 0.25) is 0 Å². The molecular weight excluding hydrogens is 234 g/mol. The Balaban J connectivity index is 1.64. The second-order valence-electron chi connectivity index (χ2n) is 5.82. The maximum atomic E-state index is 3.34. The Morgan fingerprint density at radius 1 is 1.32 bits per heavy atom. The van der Waals surface area contributed by atoms with Crippen molar-refractivity contribution in [3.05, 3.63) is 36.0 Å². The van der Waals surface area contributed by atoms with Crippen LogP contribution in [0.25, 0.3) is 10.9 Å². The largest absolute Gasteiger partial charge is 0.350 e. The van der Waals surface area contributed by atoms with Gasteiger partial charge in [0.05, 0.1) is 0 Å². The summed E-state index contributed by atoms with van der Waals surface area (Å²) in [6, 6.07) is 8.68. The van der Waals surface area contributed by atoms with E-state index in [0.29, 0.717) is 0 Å². The van der Waals surface area contributed by atoms with Gasteiger partial charge in [-0.3, -0.25) is 0 Å². The predicted molar refractivity (Wildman–Crippen MR) is 80.5 cm³/mol. The molecule has 102 valence electrons. The summed E-state index contributed by atoms with van der Waals surface area (Å²) in [6.45, 7) is 4.75. The van der Waals surface area contributed by atoms with Crippen molar-refractivity contribution in [1.29, 1.82) is 0 Å². The molecule has 2 aromatic rings. The van der Waals surface area contributed by atoms with Crippen LogP contribution in [-0.2, 0) is 13.5 Å². The summed E-state index contributed by atoms with van der Waals surface area (Å²) in [5, 5.41) is 4.74. The summed E-state index contributed by atoms with van der Waals surface area (Å²) < 4.78 is 2.24. The molecule has 1 aliphatic rings. The van der Waals surface area contributed by atoms with Gasteiger partial charge in [0, 0.05) is 50.3 Å². The monoisotopic (exact) mass is 257 g/mol. The number of aromatic nitrogens is 1. The molecule has 1 fully saturated rings. The van der Waals surface area contributed by atoms with Gasteiger partial charge in [-0.05, 0) is 31.0 Å². The lowest BCUT2D eigenvalue weighted by atomic mass is 10.0. The average molecular weight is 257 g/mol. The maximum Gasteiger partial charge on any atom is 0.0480 e. The third kappa shape index (κ3) is 2.67. The van der Waals surface area contributed by atoms with Crippen molar-refractivity contribution in [2.75, 3.05) is 33.2 Å². The molecule has 0 amide bonds. The minimum Gasteiger partial charge on any atom is -0.350 e. The zero-order valence-corrected chi connectivity index (χ0v) is 11.9. The van der Waals surface area contributed by atoms with Gasteiger partial charge in [0.15, 0.2) is 0 Å². The van der Waals surface area contributed by atoms with E-state index in [1.807, 2.05) is 0 Å². The third-order valence-electron chi connectivity index (χ3n) is 4.18. The molecule has 1 aliphatic heterocycles. The first-order valence-electron chi connectivity index (χ1n) is 7.16. The molecule has 1 aromatic carbocycles. The maximum absolute atomic E-state index is 3.34. The first kappa shape index (κ1) is 12.7. The fourth-order valence-corrected chi connectivity index (χ4v) is 2.95. The normalized spacial score (nSPS) is 16.2. The molecular formula is C16H23N3. The molecule has 0 unspecified atom stereocenters. The predicted octanol–water partition coefficient (Wildman–Crippen LogP) is 1.87. The fourth-order valence-electron chi connectivity index (χ4n) is 2.95. The first-order chi connectivity index (χ1) is 9.24. The van der Waals surface area contributed by atoms with E-state index in [1.54, 1.807) is 0 Å². The quantitative estimate of drug-likeness (QED) is 0.882. The highest BCUT2D eigenvalue weighted by atomic mass is 15.1. The number of benzene rings is 1. The number of fused-ring (bicyclic) bond motifs is 1. The SMILES string of the molecule is CN(CCc1cn(C)c2ccccc12)CC1CNC1. The van der Waals surface area contributed by atoms with Gasteiger partial charge in [-0.25, -0.2) is 0 Å². The van der Waals surface area contributed by atoms with Crippen LogP contribution in [0.5, 0.6) is 0 Å². The molecule has 0 spiro atoms. The van der Waals surface area contributed by atoms with Crippen molar-refractivity contribution in [2.45, 2.75) is 6.42 Å². The molecule has 1 saturated heterocycles. The van der Waals surface area contributed by atoms with Crippen LogP contribution in [0.2, 0.25) is 0 Å². The lowest BCUT2D eigenvalue weighted by molar-refractivity contribution is 0.226. The Kier molecular flexibility index (Phi) is 3.58. The van der Waals surface area contributed by atoms with Gasteiger partial charge in [-0.1, -0.05) is 18.2 Å². The molecule has 0 saturated carbocycles. The third-order valence-corrected chi connectivity index (χ3v) is 4.18. The lowest BCUT2D eigenvalue weighted by Gasteiger charge is -2.31. The number of nitrogens with one attached hydrogen (secondary N) is 1. The first-order valence-corrected chi connectivity index (χ1v) is 7.16. The molecule has 0 radical (unpaired) electrons. The van der Waals surface area contributed by atoms with Crippen LogP contribution in [0.1, 0.15) is 5.56 Å². The molecule has 19 heavy (non-hydrogen) atoms. The summed E-state index contributed by atoms with van der Waals surface area (Å²) in [4.78, 5) is 2.47. The number of aryl methyl sites for hydroxylation is 1. The van der Waals surface area contributed by atoms with Crippen LogP contribution in [0.4, 0.5) is 0 Å². The molecule has 3 rings (SSSR count). The molecule has 0 aliphatic carbocycles. The summed E-state index contributed by atoms with van der Waals surface area (Å²) in [5.74, 6) is 0.859. The van der Waals surface area contributed by atoms with E-state index in [2.05, 4.69) is 59.3 Å². The van der Waals surface area contributed by atoms with Gasteiger partial charge < -0.3 is 14.8 Å². The van der Waals surface area contributed by atoms with E-state index in [4.69, 9.17) is 0 Å². The highest BCUT2D eigenvalue weighted by molar-refractivity contribution is 5.83. The molecule has 1 aromatic heterocycles. The van der Waals surface area contributed by atoms with Crippen molar-refractivity contribution in [1.82, 2.24) is 14.8 Å². The van der Waals surface area contributed by atoms with Crippen molar-refractivity contribution in [2.24, 2.45) is 13.0 Å². The van der Waals surface area contributed by atoms with Gasteiger partial charge in [-0.2, -0.15) is 0 Å². The standard InChI is InChI=1S/C16H23N3/c1-18(11-13-9-17-10-13)8-7-14-12-19(2)16-6-4-3-5-15(14)16/h3-6,12-13,17H,7-11H2,1-2H3. The molecule has 0 atom stereocenters. The Morgan fingerprint density at radius 3 is 2.84 bits per heavy atom. The number of para-hydroxylation sites is 1. The summed E-state index contributed by atoms with van der Waals surface area (Å²) >= 11 is 0. The smallest absolute Gasteiger partial charge is 0.0480 e. The number of nitrogens with zero attached hydrogens (tertiary/aromatic N) is 2. The Morgan fingerprint density at radius 2 is 2.11 bits per heavy atom. The van der Waals surface area contributed by atoms with Crippen LogP contribution >= 0.6 is 0 Å². The van der Waals surface area contributed by atoms with E-state index in [0.717, 1.165) is 18.9 Å². The lowest BCUT2D eigenvalue weighted by Crippen LogP contribution is -2.47. The van der Waals surface area contributed by atoms with E-state index >= 15 is 0 Å². The average Bonchev–Trinajstić information content (AvgIpc) is 2.69. The second-order valence-corrected chi connectivity index (χ2v) is 5.82.